The summed E-state index contributed by atoms with van der Waals surface area (Å²) in [4.78, 5) is 14.2. The minimum Gasteiger partial charge on any atom is -0.399 e. The molecule has 0 unspecified atom stereocenters. The Kier molecular flexibility index (Phi) is 5.12. The zero-order valence-corrected chi connectivity index (χ0v) is 17.2. The summed E-state index contributed by atoms with van der Waals surface area (Å²) >= 11 is 0. The highest BCUT2D eigenvalue weighted by Gasteiger charge is 2.13. The van der Waals surface area contributed by atoms with E-state index in [0.29, 0.717) is 6.54 Å². The number of aryl methyl sites for hydroxylation is 2. The van der Waals surface area contributed by atoms with Crippen LogP contribution in [0.5, 0.6) is 0 Å². The van der Waals surface area contributed by atoms with Crippen molar-refractivity contribution in [3.63, 3.8) is 0 Å². The molecule has 0 aliphatic carbocycles. The first kappa shape index (κ1) is 18.9. The lowest BCUT2D eigenvalue weighted by atomic mass is 9.99. The quantitative estimate of drug-likeness (QED) is 0.344. The molecule has 2 aliphatic heterocycles. The Labute approximate surface area is 171 Å². The topological polar surface area (TPSA) is 52.3 Å². The molecule has 4 rings (SSSR count). The van der Waals surface area contributed by atoms with Gasteiger partial charge in [-0.05, 0) is 49.1 Å². The molecule has 0 saturated heterocycles. The third kappa shape index (κ3) is 4.04. The maximum absolute atomic E-state index is 4.83. The molecule has 0 amide bonds. The van der Waals surface area contributed by atoms with Gasteiger partial charge in [0.15, 0.2) is 5.82 Å². The van der Waals surface area contributed by atoms with E-state index in [1.54, 1.807) is 7.11 Å². The van der Waals surface area contributed by atoms with Crippen LogP contribution in [0.4, 0.5) is 0 Å². The van der Waals surface area contributed by atoms with E-state index in [-0.39, 0.29) is 0 Å². The van der Waals surface area contributed by atoms with Crippen LogP contribution in [-0.4, -0.2) is 27.4 Å². The lowest BCUT2D eigenvalue weighted by molar-refractivity contribution is 0.212. The van der Waals surface area contributed by atoms with Crippen molar-refractivity contribution in [3.8, 4) is 33.9 Å². The third-order valence-electron chi connectivity index (χ3n) is 5.07. The Balaban J connectivity index is 1.60. The molecule has 146 valence electrons. The van der Waals surface area contributed by atoms with Crippen molar-refractivity contribution in [1.82, 2.24) is 14.5 Å². The van der Waals surface area contributed by atoms with Gasteiger partial charge in [0.25, 0.3) is 0 Å². The summed E-state index contributed by atoms with van der Waals surface area (Å²) in [7, 11) is 1.55. The lowest BCUT2D eigenvalue weighted by Crippen LogP contribution is -2.07. The molecule has 0 aromatic heterocycles. The second-order valence-corrected chi connectivity index (χ2v) is 7.32. The van der Waals surface area contributed by atoms with Crippen molar-refractivity contribution in [3.05, 3.63) is 72.1 Å². The van der Waals surface area contributed by atoms with E-state index in [1.807, 2.05) is 30.0 Å². The van der Waals surface area contributed by atoms with Crippen LogP contribution >= 0.6 is 0 Å². The van der Waals surface area contributed by atoms with Gasteiger partial charge < -0.3 is 9.40 Å². The molecule has 0 N–H and O–H groups in total. The van der Waals surface area contributed by atoms with E-state index in [0.717, 1.165) is 28.5 Å². The predicted octanol–water partition coefficient (Wildman–Crippen LogP) is 5.36. The van der Waals surface area contributed by atoms with Gasteiger partial charge in [-0.25, -0.2) is 9.97 Å². The fourth-order valence-electron chi connectivity index (χ4n) is 3.36. The number of benzene rings is 2. The van der Waals surface area contributed by atoms with Crippen molar-refractivity contribution >= 4 is 5.71 Å². The molecule has 29 heavy (non-hydrogen) atoms. The summed E-state index contributed by atoms with van der Waals surface area (Å²) in [5.41, 5.74) is 8.68. The van der Waals surface area contributed by atoms with E-state index >= 15 is 0 Å². The number of hydrogen-bond donors (Lipinski definition) is 0. The van der Waals surface area contributed by atoms with Crippen molar-refractivity contribution in [2.45, 2.75) is 27.3 Å². The van der Waals surface area contributed by atoms with E-state index in [4.69, 9.17) is 9.82 Å². The smallest absolute Gasteiger partial charge is 0.160 e. The van der Waals surface area contributed by atoms with Gasteiger partial charge in [-0.2, -0.15) is 0 Å². The Morgan fingerprint density at radius 1 is 0.897 bits per heavy atom. The lowest BCUT2D eigenvalue weighted by Gasteiger charge is -2.06. The number of fused-ring (bicyclic) bond motifs is 1. The molecule has 0 atom stereocenters. The molecule has 0 fully saturated rings. The highest BCUT2D eigenvalue weighted by Crippen LogP contribution is 2.28. The number of imidazole rings is 1. The van der Waals surface area contributed by atoms with Gasteiger partial charge in [-0.3, -0.25) is 0 Å². The number of nitrogens with zero attached hydrogens (tertiary/aromatic N) is 4. The molecule has 2 aromatic carbocycles. The second kappa shape index (κ2) is 7.87. The summed E-state index contributed by atoms with van der Waals surface area (Å²) < 4.78 is 2.03. The molecule has 0 radical (unpaired) electrons. The highest BCUT2D eigenvalue weighted by atomic mass is 16.6. The minimum absolute atomic E-state index is 0.649. The van der Waals surface area contributed by atoms with Crippen LogP contribution < -0.4 is 0 Å². The number of oxime groups is 1. The first-order valence-electron chi connectivity index (χ1n) is 9.62. The van der Waals surface area contributed by atoms with Gasteiger partial charge in [-0.15, -0.1) is 0 Å². The second-order valence-electron chi connectivity index (χ2n) is 7.32. The first-order valence-corrected chi connectivity index (χ1v) is 9.62. The van der Waals surface area contributed by atoms with Gasteiger partial charge in [-0.1, -0.05) is 47.6 Å². The average Bonchev–Trinajstić information content (AvgIpc) is 3.14. The van der Waals surface area contributed by atoms with E-state index in [2.05, 4.69) is 66.5 Å². The molecular weight excluding hydrogens is 360 g/mol. The van der Waals surface area contributed by atoms with Crippen LogP contribution in [0.25, 0.3) is 33.9 Å². The predicted molar refractivity (Wildman–Crippen MR) is 117 cm³/mol. The summed E-state index contributed by atoms with van der Waals surface area (Å²) in [6, 6.07) is 17.0. The Morgan fingerprint density at radius 3 is 2.31 bits per heavy atom. The van der Waals surface area contributed by atoms with E-state index in [1.165, 1.54) is 22.3 Å². The fourth-order valence-corrected chi connectivity index (χ4v) is 3.36. The summed E-state index contributed by atoms with van der Waals surface area (Å²) in [5, 5.41) is 3.96. The molecule has 0 spiro atoms. The standard InChI is InChI=1S/C24H24N4O/c1-16-5-6-21(13-17(16)2)19-7-9-20(10-8-19)24-25-22-11-12-28(15-23(22)26-24)14-18(3)27-29-4/h5-13,15H,14H2,1-4H3/b27-18+. The van der Waals surface area contributed by atoms with Crippen LogP contribution in [0.2, 0.25) is 0 Å². The fraction of sp³-hybridized carbons (Fsp3) is 0.208. The monoisotopic (exact) mass is 384 g/mol. The average molecular weight is 384 g/mol. The minimum atomic E-state index is 0.649. The van der Waals surface area contributed by atoms with Crippen molar-refractivity contribution < 1.29 is 4.84 Å². The molecule has 2 aliphatic rings. The summed E-state index contributed by atoms with van der Waals surface area (Å²) in [6.45, 7) is 6.86. The first-order chi connectivity index (χ1) is 14.0. The third-order valence-corrected chi connectivity index (χ3v) is 5.07. The van der Waals surface area contributed by atoms with Gasteiger partial charge in [0, 0.05) is 18.0 Å². The normalized spacial score (nSPS) is 11.8. The van der Waals surface area contributed by atoms with Gasteiger partial charge in [0.05, 0.1) is 18.0 Å². The Morgan fingerprint density at radius 2 is 1.59 bits per heavy atom. The number of rotatable bonds is 5. The summed E-state index contributed by atoms with van der Waals surface area (Å²) in [6.07, 6.45) is 3.97. The van der Waals surface area contributed by atoms with Crippen molar-refractivity contribution in [1.29, 1.82) is 0 Å². The zero-order chi connectivity index (χ0) is 20.4. The molecule has 5 heteroatoms. The van der Waals surface area contributed by atoms with E-state index < -0.39 is 0 Å². The van der Waals surface area contributed by atoms with E-state index in [9.17, 15) is 0 Å². The molecule has 5 nitrogen and oxygen atoms in total. The SMILES string of the molecule is CO/N=C(\C)Cn1ccc2nc(-c3ccc(-c4ccc(C)c(C)c4)cc3)nc-2c1. The largest absolute Gasteiger partial charge is 0.399 e. The molecule has 0 bridgehead atoms. The zero-order valence-electron chi connectivity index (χ0n) is 17.2. The maximum Gasteiger partial charge on any atom is 0.160 e. The van der Waals surface area contributed by atoms with Gasteiger partial charge in [0.2, 0.25) is 0 Å². The van der Waals surface area contributed by atoms with Crippen LogP contribution in [0.1, 0.15) is 18.1 Å². The van der Waals surface area contributed by atoms with Gasteiger partial charge in [0.1, 0.15) is 12.8 Å². The Bertz CT molecular complexity index is 1140. The Hall–Kier alpha value is -3.47. The van der Waals surface area contributed by atoms with Gasteiger partial charge >= 0.3 is 0 Å². The number of pyridine rings is 1. The van der Waals surface area contributed by atoms with Crippen molar-refractivity contribution in [2.24, 2.45) is 5.16 Å². The number of aromatic nitrogens is 3. The molecule has 2 heterocycles. The van der Waals surface area contributed by atoms with Crippen molar-refractivity contribution in [2.75, 3.05) is 7.11 Å². The number of hydrogen-bond acceptors (Lipinski definition) is 4. The van der Waals surface area contributed by atoms with Crippen LogP contribution in [0.3, 0.4) is 0 Å². The molecule has 0 saturated carbocycles. The molecule has 2 aromatic rings. The molecular formula is C24H24N4O. The van der Waals surface area contributed by atoms with Crippen LogP contribution in [0, 0.1) is 13.8 Å². The summed E-state index contributed by atoms with van der Waals surface area (Å²) in [5.74, 6) is 0.742. The maximum atomic E-state index is 4.83. The highest BCUT2D eigenvalue weighted by molar-refractivity contribution is 5.81. The van der Waals surface area contributed by atoms with Crippen LogP contribution in [0.15, 0.2) is 66.1 Å². The van der Waals surface area contributed by atoms with Crippen LogP contribution in [-0.2, 0) is 11.4 Å².